The number of carbonyl (C=O) groups excluding carboxylic acids is 2. The lowest BCUT2D eigenvalue weighted by Gasteiger charge is -2.00. The van der Waals surface area contributed by atoms with Crippen molar-refractivity contribution in [2.45, 2.75) is 6.92 Å². The van der Waals surface area contributed by atoms with Gasteiger partial charge in [0.05, 0.1) is 4.88 Å². The minimum absolute atomic E-state index is 0.239. The maximum absolute atomic E-state index is 11.8. The summed E-state index contributed by atoms with van der Waals surface area (Å²) in [6.45, 7) is 1.34. The quantitative estimate of drug-likeness (QED) is 0.496. The molecule has 0 bridgehead atoms. The molecule has 22 heavy (non-hydrogen) atoms. The molecule has 5 nitrogen and oxygen atoms in total. The predicted octanol–water partition coefficient (Wildman–Crippen LogP) is 3.02. The molecule has 0 N–H and O–H groups in total. The second kappa shape index (κ2) is 5.95. The molecule has 0 spiro atoms. The SMILES string of the molecule is CC(=O)Oc1ccc(/C=C2/N=C(c3cccs3)OC2=O)cc1. The highest BCUT2D eigenvalue weighted by molar-refractivity contribution is 7.12. The fourth-order valence-corrected chi connectivity index (χ4v) is 2.52. The molecule has 0 aliphatic carbocycles. The minimum atomic E-state index is -0.479. The number of esters is 2. The Morgan fingerprint density at radius 3 is 2.68 bits per heavy atom. The van der Waals surface area contributed by atoms with Crippen molar-refractivity contribution in [3.63, 3.8) is 0 Å². The van der Waals surface area contributed by atoms with E-state index in [4.69, 9.17) is 9.47 Å². The number of aliphatic imine (C=N–C) groups is 1. The van der Waals surface area contributed by atoms with Gasteiger partial charge in [0.2, 0.25) is 5.90 Å². The molecule has 6 heteroatoms. The molecular formula is C16H11NO4S. The smallest absolute Gasteiger partial charge is 0.363 e. The van der Waals surface area contributed by atoms with Crippen molar-refractivity contribution in [2.75, 3.05) is 0 Å². The van der Waals surface area contributed by atoms with Gasteiger partial charge in [-0.1, -0.05) is 18.2 Å². The third-order valence-electron chi connectivity index (χ3n) is 2.80. The van der Waals surface area contributed by atoms with Crippen molar-refractivity contribution in [3.05, 3.63) is 57.9 Å². The van der Waals surface area contributed by atoms with E-state index in [2.05, 4.69) is 4.99 Å². The highest BCUT2D eigenvalue weighted by Gasteiger charge is 2.24. The molecule has 3 rings (SSSR count). The Bertz CT molecular complexity index is 773. The first-order chi connectivity index (χ1) is 10.6. The van der Waals surface area contributed by atoms with Crippen LogP contribution in [0, 0.1) is 0 Å². The summed E-state index contributed by atoms with van der Waals surface area (Å²) < 4.78 is 10.1. The number of ether oxygens (including phenoxy) is 2. The summed E-state index contributed by atoms with van der Waals surface area (Å²) in [5.74, 6) is -0.0858. The van der Waals surface area contributed by atoms with Crippen LogP contribution in [-0.2, 0) is 14.3 Å². The van der Waals surface area contributed by atoms with E-state index in [1.54, 1.807) is 30.3 Å². The summed E-state index contributed by atoms with van der Waals surface area (Å²) >= 11 is 1.45. The minimum Gasteiger partial charge on any atom is -0.427 e. The van der Waals surface area contributed by atoms with Crippen LogP contribution < -0.4 is 4.74 Å². The van der Waals surface area contributed by atoms with Crippen LogP contribution in [0.5, 0.6) is 5.75 Å². The molecule has 2 aromatic rings. The Kier molecular flexibility index (Phi) is 3.84. The lowest BCUT2D eigenvalue weighted by Crippen LogP contribution is -2.03. The summed E-state index contributed by atoms with van der Waals surface area (Å²) in [7, 11) is 0. The standard InChI is InChI=1S/C16H11NO4S/c1-10(18)20-12-6-4-11(5-7-12)9-13-16(19)21-15(17-13)14-3-2-8-22-14/h2-9H,1H3/b13-9+. The number of carbonyl (C=O) groups is 2. The number of benzene rings is 1. The molecule has 0 atom stereocenters. The highest BCUT2D eigenvalue weighted by atomic mass is 32.1. The van der Waals surface area contributed by atoms with E-state index < -0.39 is 5.97 Å². The predicted molar refractivity (Wildman–Crippen MR) is 82.7 cm³/mol. The summed E-state index contributed by atoms with van der Waals surface area (Å²) in [5, 5.41) is 1.89. The summed E-state index contributed by atoms with van der Waals surface area (Å²) in [6.07, 6.45) is 1.63. The van der Waals surface area contributed by atoms with E-state index in [9.17, 15) is 9.59 Å². The summed E-state index contributed by atoms with van der Waals surface area (Å²) in [4.78, 5) is 27.7. The number of nitrogens with zero attached hydrogens (tertiary/aromatic N) is 1. The van der Waals surface area contributed by atoms with Crippen molar-refractivity contribution in [1.29, 1.82) is 0 Å². The fraction of sp³-hybridized carbons (Fsp3) is 0.0625. The Balaban J connectivity index is 1.82. The first-order valence-electron chi connectivity index (χ1n) is 6.47. The van der Waals surface area contributed by atoms with Crippen LogP contribution in [0.2, 0.25) is 0 Å². The Hall–Kier alpha value is -2.73. The van der Waals surface area contributed by atoms with Crippen LogP contribution in [0.25, 0.3) is 6.08 Å². The lowest BCUT2D eigenvalue weighted by atomic mass is 10.2. The number of rotatable bonds is 3. The van der Waals surface area contributed by atoms with Crippen LogP contribution >= 0.6 is 11.3 Å². The number of thiophene rings is 1. The van der Waals surface area contributed by atoms with Gasteiger partial charge in [-0.05, 0) is 35.2 Å². The van der Waals surface area contributed by atoms with Crippen molar-refractivity contribution >= 4 is 35.2 Å². The van der Waals surface area contributed by atoms with E-state index in [1.807, 2.05) is 17.5 Å². The molecule has 0 saturated heterocycles. The summed E-state index contributed by atoms with van der Waals surface area (Å²) in [5.41, 5.74) is 1.00. The molecule has 2 heterocycles. The summed E-state index contributed by atoms with van der Waals surface area (Å²) in [6, 6.07) is 10.5. The Morgan fingerprint density at radius 2 is 2.05 bits per heavy atom. The van der Waals surface area contributed by atoms with Gasteiger partial charge in [0.15, 0.2) is 5.70 Å². The van der Waals surface area contributed by atoms with Crippen molar-refractivity contribution in [3.8, 4) is 5.75 Å². The molecule has 1 aromatic heterocycles. The van der Waals surface area contributed by atoms with Crippen LogP contribution in [0.1, 0.15) is 17.4 Å². The molecular weight excluding hydrogens is 302 g/mol. The van der Waals surface area contributed by atoms with Gasteiger partial charge in [0.25, 0.3) is 0 Å². The largest absolute Gasteiger partial charge is 0.427 e. The third-order valence-corrected chi connectivity index (χ3v) is 3.66. The van der Waals surface area contributed by atoms with Gasteiger partial charge >= 0.3 is 11.9 Å². The maximum atomic E-state index is 11.8. The zero-order valence-corrected chi connectivity index (χ0v) is 12.4. The molecule has 0 unspecified atom stereocenters. The van der Waals surface area contributed by atoms with E-state index >= 15 is 0 Å². The van der Waals surface area contributed by atoms with Crippen LogP contribution in [-0.4, -0.2) is 17.8 Å². The highest BCUT2D eigenvalue weighted by Crippen LogP contribution is 2.22. The van der Waals surface area contributed by atoms with Gasteiger partial charge in [-0.3, -0.25) is 4.79 Å². The van der Waals surface area contributed by atoms with Crippen molar-refractivity contribution < 1.29 is 19.1 Å². The molecule has 1 aliphatic rings. The monoisotopic (exact) mass is 313 g/mol. The Morgan fingerprint density at radius 1 is 1.27 bits per heavy atom. The van der Waals surface area contributed by atoms with Gasteiger partial charge in [-0.15, -0.1) is 11.3 Å². The second-order valence-electron chi connectivity index (χ2n) is 4.48. The van der Waals surface area contributed by atoms with Gasteiger partial charge < -0.3 is 9.47 Å². The average molecular weight is 313 g/mol. The van der Waals surface area contributed by atoms with Gasteiger partial charge in [0, 0.05) is 6.92 Å². The molecule has 110 valence electrons. The zero-order chi connectivity index (χ0) is 15.5. The fourth-order valence-electron chi connectivity index (χ4n) is 1.87. The van der Waals surface area contributed by atoms with Crippen molar-refractivity contribution in [1.82, 2.24) is 0 Å². The van der Waals surface area contributed by atoms with E-state index in [0.717, 1.165) is 10.4 Å². The van der Waals surface area contributed by atoms with Gasteiger partial charge in [0.1, 0.15) is 5.75 Å². The van der Waals surface area contributed by atoms with E-state index in [1.165, 1.54) is 18.3 Å². The van der Waals surface area contributed by atoms with Crippen LogP contribution in [0.4, 0.5) is 0 Å². The average Bonchev–Trinajstić information content (AvgIpc) is 3.11. The number of cyclic esters (lactones) is 1. The van der Waals surface area contributed by atoms with Gasteiger partial charge in [-0.2, -0.15) is 0 Å². The molecule has 0 saturated carbocycles. The van der Waals surface area contributed by atoms with E-state index in [-0.39, 0.29) is 11.7 Å². The van der Waals surface area contributed by atoms with Crippen LogP contribution in [0.3, 0.4) is 0 Å². The first kappa shape index (κ1) is 14.2. The van der Waals surface area contributed by atoms with Crippen LogP contribution in [0.15, 0.2) is 52.5 Å². The molecule has 0 amide bonds. The Labute approximate surface area is 130 Å². The number of hydrogen-bond donors (Lipinski definition) is 0. The lowest BCUT2D eigenvalue weighted by molar-refractivity contribution is -0.132. The third kappa shape index (κ3) is 3.12. The number of hydrogen-bond acceptors (Lipinski definition) is 6. The second-order valence-corrected chi connectivity index (χ2v) is 5.42. The molecule has 0 radical (unpaired) electrons. The normalized spacial score (nSPS) is 15.6. The van der Waals surface area contributed by atoms with Crippen molar-refractivity contribution in [2.24, 2.45) is 4.99 Å². The molecule has 0 fully saturated rings. The van der Waals surface area contributed by atoms with E-state index in [0.29, 0.717) is 11.6 Å². The topological polar surface area (TPSA) is 65.0 Å². The first-order valence-corrected chi connectivity index (χ1v) is 7.35. The molecule has 1 aromatic carbocycles. The zero-order valence-electron chi connectivity index (χ0n) is 11.6. The maximum Gasteiger partial charge on any atom is 0.363 e. The molecule has 1 aliphatic heterocycles. The van der Waals surface area contributed by atoms with Gasteiger partial charge in [-0.25, -0.2) is 9.79 Å².